The van der Waals surface area contributed by atoms with Crippen LogP contribution in [0.25, 0.3) is 0 Å². The molecule has 2 atom stereocenters. The van der Waals surface area contributed by atoms with Crippen molar-refractivity contribution < 1.29 is 9.13 Å². The van der Waals surface area contributed by atoms with Gasteiger partial charge in [-0.3, -0.25) is 0 Å². The summed E-state index contributed by atoms with van der Waals surface area (Å²) in [6.07, 6.45) is 6.16. The third kappa shape index (κ3) is 4.54. The molecule has 2 unspecified atom stereocenters. The third-order valence-electron chi connectivity index (χ3n) is 3.83. The van der Waals surface area contributed by atoms with E-state index in [1.165, 1.54) is 18.9 Å². The van der Waals surface area contributed by atoms with Crippen LogP contribution >= 0.6 is 15.9 Å². The van der Waals surface area contributed by atoms with Crippen molar-refractivity contribution in [3.05, 3.63) is 34.1 Å². The summed E-state index contributed by atoms with van der Waals surface area (Å²) in [5.41, 5.74) is 1.14. The monoisotopic (exact) mass is 343 g/mol. The van der Waals surface area contributed by atoms with Gasteiger partial charge in [0.25, 0.3) is 0 Å². The predicted octanol–water partition coefficient (Wildman–Crippen LogP) is 4.59. The van der Waals surface area contributed by atoms with Crippen molar-refractivity contribution in [1.82, 2.24) is 5.32 Å². The molecule has 0 saturated carbocycles. The number of benzene rings is 1. The Hall–Kier alpha value is -0.450. The average Bonchev–Trinajstić information content (AvgIpc) is 2.91. The molecule has 1 heterocycles. The number of halogens is 2. The van der Waals surface area contributed by atoms with E-state index in [9.17, 15) is 4.39 Å². The van der Waals surface area contributed by atoms with E-state index in [0.717, 1.165) is 42.5 Å². The van der Waals surface area contributed by atoms with Crippen molar-refractivity contribution >= 4 is 15.9 Å². The smallest absolute Gasteiger partial charge is 0.124 e. The summed E-state index contributed by atoms with van der Waals surface area (Å²) in [4.78, 5) is 0. The van der Waals surface area contributed by atoms with Gasteiger partial charge in [-0.05, 0) is 56.3 Å². The fourth-order valence-corrected chi connectivity index (χ4v) is 3.45. The molecule has 1 aromatic rings. The predicted molar refractivity (Wildman–Crippen MR) is 83.3 cm³/mol. The molecule has 0 spiro atoms. The van der Waals surface area contributed by atoms with E-state index in [1.807, 2.05) is 6.07 Å². The van der Waals surface area contributed by atoms with Crippen molar-refractivity contribution in [2.24, 2.45) is 0 Å². The van der Waals surface area contributed by atoms with Crippen molar-refractivity contribution in [3.63, 3.8) is 0 Å². The summed E-state index contributed by atoms with van der Waals surface area (Å²) >= 11 is 3.47. The molecule has 0 aliphatic carbocycles. The largest absolute Gasteiger partial charge is 0.378 e. The molecule has 1 aliphatic heterocycles. The lowest BCUT2D eigenvalue weighted by molar-refractivity contribution is 0.101. The number of hydrogen-bond donors (Lipinski definition) is 1. The van der Waals surface area contributed by atoms with Gasteiger partial charge < -0.3 is 10.1 Å². The second-order valence-corrected chi connectivity index (χ2v) is 6.20. The lowest BCUT2D eigenvalue weighted by atomic mass is 9.99. The Morgan fingerprint density at radius 1 is 1.50 bits per heavy atom. The molecule has 1 N–H and O–H groups in total. The summed E-state index contributed by atoms with van der Waals surface area (Å²) in [5, 5.41) is 3.49. The van der Waals surface area contributed by atoms with E-state index in [4.69, 9.17) is 4.74 Å². The van der Waals surface area contributed by atoms with Crippen molar-refractivity contribution in [2.45, 2.75) is 51.2 Å². The quantitative estimate of drug-likeness (QED) is 0.781. The molecule has 4 heteroatoms. The van der Waals surface area contributed by atoms with E-state index in [0.29, 0.717) is 6.10 Å². The third-order valence-corrected chi connectivity index (χ3v) is 4.52. The first-order valence-electron chi connectivity index (χ1n) is 7.50. The van der Waals surface area contributed by atoms with Crippen LogP contribution in [0.3, 0.4) is 0 Å². The Balaban J connectivity index is 1.91. The van der Waals surface area contributed by atoms with Crippen LogP contribution in [-0.4, -0.2) is 19.3 Å². The van der Waals surface area contributed by atoms with Crippen LogP contribution in [-0.2, 0) is 4.74 Å². The second kappa shape index (κ2) is 8.11. The maximum absolute atomic E-state index is 13.2. The highest BCUT2D eigenvalue weighted by molar-refractivity contribution is 9.10. The number of rotatable bonds is 7. The molecular weight excluding hydrogens is 321 g/mol. The van der Waals surface area contributed by atoms with E-state index >= 15 is 0 Å². The molecule has 2 nitrogen and oxygen atoms in total. The van der Waals surface area contributed by atoms with Gasteiger partial charge in [0.1, 0.15) is 5.82 Å². The molecule has 0 radical (unpaired) electrons. The van der Waals surface area contributed by atoms with Gasteiger partial charge in [-0.15, -0.1) is 0 Å². The number of hydrogen-bond acceptors (Lipinski definition) is 2. The Labute approximate surface area is 129 Å². The first kappa shape index (κ1) is 15.9. The average molecular weight is 344 g/mol. The van der Waals surface area contributed by atoms with Gasteiger partial charge in [0.15, 0.2) is 0 Å². The molecule has 20 heavy (non-hydrogen) atoms. The molecule has 0 amide bonds. The highest BCUT2D eigenvalue weighted by Gasteiger charge is 2.18. The van der Waals surface area contributed by atoms with Crippen molar-refractivity contribution in [2.75, 3.05) is 13.2 Å². The lowest BCUT2D eigenvalue weighted by Gasteiger charge is -2.20. The van der Waals surface area contributed by atoms with Gasteiger partial charge in [-0.2, -0.15) is 0 Å². The fourth-order valence-electron chi connectivity index (χ4n) is 2.82. The van der Waals surface area contributed by atoms with E-state index in [1.54, 1.807) is 6.07 Å². The van der Waals surface area contributed by atoms with Crippen LogP contribution in [0.1, 0.15) is 50.6 Å². The summed E-state index contributed by atoms with van der Waals surface area (Å²) in [6, 6.07) is 5.22. The fraction of sp³-hybridized carbons (Fsp3) is 0.625. The SMILES string of the molecule is CCNC(CCCC1CCCO1)c1ccc(F)cc1Br. The lowest BCUT2D eigenvalue weighted by Crippen LogP contribution is -2.21. The van der Waals surface area contributed by atoms with Gasteiger partial charge in [0.2, 0.25) is 0 Å². The Morgan fingerprint density at radius 3 is 3.00 bits per heavy atom. The molecule has 1 aliphatic rings. The zero-order valence-corrected chi connectivity index (χ0v) is 13.6. The molecule has 0 bridgehead atoms. The minimum atomic E-state index is -0.199. The summed E-state index contributed by atoms with van der Waals surface area (Å²) in [6.45, 7) is 3.93. The van der Waals surface area contributed by atoms with Crippen LogP contribution in [0.5, 0.6) is 0 Å². The highest BCUT2D eigenvalue weighted by Crippen LogP contribution is 2.29. The zero-order chi connectivity index (χ0) is 14.4. The molecule has 112 valence electrons. The molecule has 2 rings (SSSR count). The summed E-state index contributed by atoms with van der Waals surface area (Å²) in [5.74, 6) is -0.199. The van der Waals surface area contributed by atoms with Crippen LogP contribution < -0.4 is 5.32 Å². The first-order chi connectivity index (χ1) is 9.70. The van der Waals surface area contributed by atoms with Crippen LogP contribution in [0.15, 0.2) is 22.7 Å². The second-order valence-electron chi connectivity index (χ2n) is 5.34. The zero-order valence-electron chi connectivity index (χ0n) is 12.0. The van der Waals surface area contributed by atoms with Gasteiger partial charge in [-0.1, -0.05) is 28.9 Å². The van der Waals surface area contributed by atoms with Gasteiger partial charge in [-0.25, -0.2) is 4.39 Å². The van der Waals surface area contributed by atoms with E-state index in [-0.39, 0.29) is 11.9 Å². The van der Waals surface area contributed by atoms with Crippen LogP contribution in [0.4, 0.5) is 4.39 Å². The number of nitrogens with one attached hydrogen (secondary N) is 1. The van der Waals surface area contributed by atoms with Crippen molar-refractivity contribution in [1.29, 1.82) is 0 Å². The van der Waals surface area contributed by atoms with E-state index in [2.05, 4.69) is 28.2 Å². The van der Waals surface area contributed by atoms with Crippen LogP contribution in [0.2, 0.25) is 0 Å². The minimum Gasteiger partial charge on any atom is -0.378 e. The maximum atomic E-state index is 13.2. The standard InChI is InChI=1S/C16H23BrFNO/c1-2-19-16(7-3-5-13-6-4-10-20-13)14-9-8-12(18)11-15(14)17/h8-9,11,13,16,19H,2-7,10H2,1H3. The van der Waals surface area contributed by atoms with Gasteiger partial charge in [0.05, 0.1) is 6.10 Å². The Bertz CT molecular complexity index is 421. The number of ether oxygens (including phenoxy) is 1. The summed E-state index contributed by atoms with van der Waals surface area (Å²) in [7, 11) is 0. The van der Waals surface area contributed by atoms with Crippen LogP contribution in [0, 0.1) is 5.82 Å². The molecule has 0 aromatic heterocycles. The van der Waals surface area contributed by atoms with Crippen molar-refractivity contribution in [3.8, 4) is 0 Å². The summed E-state index contributed by atoms with van der Waals surface area (Å²) < 4.78 is 19.7. The van der Waals surface area contributed by atoms with E-state index < -0.39 is 0 Å². The normalized spacial score (nSPS) is 20.2. The molecule has 1 saturated heterocycles. The molecule has 1 aromatic carbocycles. The topological polar surface area (TPSA) is 21.3 Å². The first-order valence-corrected chi connectivity index (χ1v) is 8.30. The molecule has 1 fully saturated rings. The Kier molecular flexibility index (Phi) is 6.46. The van der Waals surface area contributed by atoms with Gasteiger partial charge >= 0.3 is 0 Å². The highest BCUT2D eigenvalue weighted by atomic mass is 79.9. The molecular formula is C16H23BrFNO. The van der Waals surface area contributed by atoms with Gasteiger partial charge in [0, 0.05) is 17.1 Å². The minimum absolute atomic E-state index is 0.199. The Morgan fingerprint density at radius 2 is 2.35 bits per heavy atom. The maximum Gasteiger partial charge on any atom is 0.124 e.